The van der Waals surface area contributed by atoms with Crippen molar-refractivity contribution in [2.45, 2.75) is 97.3 Å². The van der Waals surface area contributed by atoms with Gasteiger partial charge < -0.3 is 25.0 Å². The number of carbonyl (C=O) groups is 1. The average Bonchev–Trinajstić information content (AvgIpc) is 3.64. The fraction of sp³-hybridized carbons (Fsp3) is 0.469. The van der Waals surface area contributed by atoms with Crippen LogP contribution in [-0.2, 0) is 32.9 Å². The van der Waals surface area contributed by atoms with Crippen molar-refractivity contribution in [3.63, 3.8) is 0 Å². The van der Waals surface area contributed by atoms with Crippen molar-refractivity contribution in [2.75, 3.05) is 0 Å². The maximum Gasteiger partial charge on any atom is 0.307 e. The van der Waals surface area contributed by atoms with E-state index in [0.717, 1.165) is 51.1 Å². The van der Waals surface area contributed by atoms with Crippen LogP contribution in [0.15, 0.2) is 42.5 Å². The molecule has 5 N–H and O–H groups in total. The summed E-state index contributed by atoms with van der Waals surface area (Å²) in [5, 5.41) is 9.71. The van der Waals surface area contributed by atoms with E-state index in [1.54, 1.807) is 0 Å². The van der Waals surface area contributed by atoms with Crippen LogP contribution in [0.3, 0.4) is 0 Å². The molecule has 204 valence electrons. The summed E-state index contributed by atoms with van der Waals surface area (Å²) in [6, 6.07) is 15.0. The summed E-state index contributed by atoms with van der Waals surface area (Å²) in [5.74, 6) is -0.833. The van der Waals surface area contributed by atoms with E-state index in [-0.39, 0.29) is 22.7 Å². The van der Waals surface area contributed by atoms with E-state index in [2.05, 4.69) is 112 Å². The first-order valence-corrected chi connectivity index (χ1v) is 13.7. The molecule has 1 aliphatic rings. The monoisotopic (exact) mass is 516 g/mol. The molecule has 6 heteroatoms. The molecule has 1 aliphatic heterocycles. The fourth-order valence-corrected chi connectivity index (χ4v) is 5.64. The minimum atomic E-state index is -0.833. The molecule has 5 heterocycles. The summed E-state index contributed by atoms with van der Waals surface area (Å²) in [7, 11) is 0. The summed E-state index contributed by atoms with van der Waals surface area (Å²) in [4.78, 5) is 26.7. The highest BCUT2D eigenvalue weighted by atomic mass is 16.4. The maximum atomic E-state index is 11.8. The van der Waals surface area contributed by atoms with Gasteiger partial charge in [0.15, 0.2) is 0 Å². The lowest BCUT2D eigenvalue weighted by atomic mass is 9.83. The predicted octanol–water partition coefficient (Wildman–Crippen LogP) is 7.27. The number of hydrogen-bond acceptors (Lipinski definition) is 1. The Morgan fingerprint density at radius 2 is 0.895 bits per heavy atom. The fourth-order valence-electron chi connectivity index (χ4n) is 5.64. The molecule has 0 spiro atoms. The maximum absolute atomic E-state index is 11.8. The number of aromatic amines is 4. The standard InChI is InChI=1S/C30H38N4O2.C2H6/c1-27(2)18-9-10-19(31-18)28(3,4)21-13-14-23(33-21)30(7,8)26-17(16-25(35)36)15-24(34-26)29(5,6)22-12-11-20(27)32-22;1-2/h9-15,31-34H,16H2,1-8H3,(H,35,36);1-2H3. The van der Waals surface area contributed by atoms with E-state index in [1.165, 1.54) is 0 Å². The summed E-state index contributed by atoms with van der Waals surface area (Å²) in [6.45, 7) is 21.5. The van der Waals surface area contributed by atoms with Crippen LogP contribution in [0, 0.1) is 0 Å². The number of carboxylic acid groups (broad SMARTS) is 1. The molecule has 0 radical (unpaired) electrons. The number of fused-ring (bicyclic) bond motifs is 8. The number of carboxylic acids is 1. The summed E-state index contributed by atoms with van der Waals surface area (Å²) in [5.41, 5.74) is 8.06. The van der Waals surface area contributed by atoms with Gasteiger partial charge in [0.25, 0.3) is 0 Å². The van der Waals surface area contributed by atoms with Crippen LogP contribution >= 0.6 is 0 Å². The Morgan fingerprint density at radius 3 is 1.24 bits per heavy atom. The molecule has 0 saturated heterocycles. The first kappa shape index (κ1) is 27.6. The Kier molecular flexibility index (Phi) is 6.62. The van der Waals surface area contributed by atoms with Gasteiger partial charge in [0.2, 0.25) is 0 Å². The van der Waals surface area contributed by atoms with E-state index >= 15 is 0 Å². The zero-order valence-corrected chi connectivity index (χ0v) is 24.6. The van der Waals surface area contributed by atoms with Gasteiger partial charge in [0.1, 0.15) is 0 Å². The molecule has 4 aromatic heterocycles. The molecule has 0 unspecified atom stereocenters. The van der Waals surface area contributed by atoms with Crippen LogP contribution in [-0.4, -0.2) is 31.0 Å². The van der Waals surface area contributed by atoms with E-state index < -0.39 is 11.4 Å². The largest absolute Gasteiger partial charge is 0.481 e. The SMILES string of the molecule is CC.CC1(C)c2ccc([nH]2)C(C)(C)c2ccc([nH]2)C(C)(C)c2[nH]c(cc2CC(=O)O)C(C)(C)c2ccc1[nH]2. The van der Waals surface area contributed by atoms with Crippen molar-refractivity contribution < 1.29 is 9.90 Å². The number of rotatable bonds is 2. The van der Waals surface area contributed by atoms with Crippen molar-refractivity contribution in [3.8, 4) is 0 Å². The van der Waals surface area contributed by atoms with Gasteiger partial charge in [0, 0.05) is 67.2 Å². The highest BCUT2D eigenvalue weighted by molar-refractivity contribution is 5.71. The second kappa shape index (κ2) is 9.11. The smallest absolute Gasteiger partial charge is 0.307 e. The normalized spacial score (nSPS) is 18.4. The molecule has 0 fully saturated rings. The second-order valence-electron chi connectivity index (χ2n) is 12.5. The molecule has 5 rings (SSSR count). The first-order valence-electron chi connectivity index (χ1n) is 13.7. The summed E-state index contributed by atoms with van der Waals surface area (Å²) < 4.78 is 0. The van der Waals surface area contributed by atoms with Crippen molar-refractivity contribution in [3.05, 3.63) is 93.6 Å². The highest BCUT2D eigenvalue weighted by Crippen LogP contribution is 2.41. The number of aliphatic carboxylic acids is 1. The van der Waals surface area contributed by atoms with E-state index in [9.17, 15) is 9.90 Å². The Morgan fingerprint density at radius 1 is 0.579 bits per heavy atom. The zero-order valence-electron chi connectivity index (χ0n) is 24.6. The van der Waals surface area contributed by atoms with Crippen molar-refractivity contribution in [1.82, 2.24) is 19.9 Å². The van der Waals surface area contributed by atoms with Crippen molar-refractivity contribution in [2.24, 2.45) is 0 Å². The Labute approximate surface area is 226 Å². The van der Waals surface area contributed by atoms with Crippen molar-refractivity contribution >= 4 is 5.97 Å². The molecule has 38 heavy (non-hydrogen) atoms. The lowest BCUT2D eigenvalue weighted by molar-refractivity contribution is -0.136. The van der Waals surface area contributed by atoms with E-state index in [4.69, 9.17) is 0 Å². The molecule has 0 amide bonds. The number of hydrogen-bond donors (Lipinski definition) is 5. The van der Waals surface area contributed by atoms with Crippen LogP contribution in [0.1, 0.15) is 120 Å². The quantitative estimate of drug-likeness (QED) is 0.193. The molecule has 0 saturated carbocycles. The van der Waals surface area contributed by atoms with Crippen LogP contribution in [0.5, 0.6) is 0 Å². The molecule has 8 bridgehead atoms. The van der Waals surface area contributed by atoms with Gasteiger partial charge in [-0.05, 0) is 103 Å². The van der Waals surface area contributed by atoms with Gasteiger partial charge in [-0.1, -0.05) is 13.8 Å². The Hall–Kier alpha value is -3.41. The third-order valence-electron chi connectivity index (χ3n) is 8.64. The Balaban J connectivity index is 0.00000164. The van der Waals surface area contributed by atoms with Gasteiger partial charge in [-0.2, -0.15) is 0 Å². The third kappa shape index (κ3) is 4.24. The molecule has 0 aliphatic carbocycles. The van der Waals surface area contributed by atoms with Gasteiger partial charge in [0.05, 0.1) is 6.42 Å². The molecular weight excluding hydrogens is 472 g/mol. The number of nitrogens with one attached hydrogen (secondary N) is 4. The Bertz CT molecular complexity index is 1450. The lowest BCUT2D eigenvalue weighted by Crippen LogP contribution is -2.26. The zero-order chi connectivity index (χ0) is 28.3. The van der Waals surface area contributed by atoms with Crippen LogP contribution in [0.2, 0.25) is 0 Å². The third-order valence-corrected chi connectivity index (χ3v) is 8.64. The van der Waals surface area contributed by atoms with Gasteiger partial charge in [-0.25, -0.2) is 0 Å². The molecule has 0 atom stereocenters. The van der Waals surface area contributed by atoms with E-state index in [0.29, 0.717) is 0 Å². The van der Waals surface area contributed by atoms with Gasteiger partial charge in [-0.15, -0.1) is 0 Å². The minimum Gasteiger partial charge on any atom is -0.481 e. The van der Waals surface area contributed by atoms with Gasteiger partial charge >= 0.3 is 5.97 Å². The first-order chi connectivity index (χ1) is 17.6. The van der Waals surface area contributed by atoms with Crippen LogP contribution in [0.25, 0.3) is 0 Å². The summed E-state index contributed by atoms with van der Waals surface area (Å²) >= 11 is 0. The van der Waals surface area contributed by atoms with E-state index in [1.807, 2.05) is 19.9 Å². The van der Waals surface area contributed by atoms with Crippen LogP contribution < -0.4 is 0 Å². The molecule has 6 nitrogen and oxygen atoms in total. The minimum absolute atomic E-state index is 0.0294. The highest BCUT2D eigenvalue weighted by Gasteiger charge is 2.37. The predicted molar refractivity (Wildman–Crippen MR) is 154 cm³/mol. The van der Waals surface area contributed by atoms with Crippen molar-refractivity contribution in [1.29, 1.82) is 0 Å². The summed E-state index contributed by atoms with van der Waals surface area (Å²) in [6.07, 6.45) is -0.0294. The molecule has 4 aromatic rings. The number of H-pyrrole nitrogens is 4. The molecule has 0 aromatic carbocycles. The lowest BCUT2D eigenvalue weighted by Gasteiger charge is -2.28. The van der Waals surface area contributed by atoms with Gasteiger partial charge in [-0.3, -0.25) is 4.79 Å². The second-order valence-corrected chi connectivity index (χ2v) is 12.5. The molecular formula is C32H44N4O2. The average molecular weight is 517 g/mol. The topological polar surface area (TPSA) is 100 Å². The number of aromatic nitrogens is 4. The van der Waals surface area contributed by atoms with Crippen LogP contribution in [0.4, 0.5) is 0 Å².